The molecule has 2 aromatic heterocycles. The van der Waals surface area contributed by atoms with Gasteiger partial charge in [0.1, 0.15) is 16.8 Å². The molecular formula is C17H19ClN4O. The van der Waals surface area contributed by atoms with Crippen LogP contribution in [0.2, 0.25) is 5.15 Å². The molecule has 0 aromatic carbocycles. The zero-order valence-electron chi connectivity index (χ0n) is 13.2. The first-order valence-corrected chi connectivity index (χ1v) is 7.83. The molecular weight excluding hydrogens is 312 g/mol. The minimum atomic E-state index is 0.356. The Hall–Kier alpha value is -2.16. The molecule has 0 aliphatic heterocycles. The number of ether oxygens (including phenoxy) is 1. The summed E-state index contributed by atoms with van der Waals surface area (Å²) in [7, 11) is 1.70. The standard InChI is InChI=1S/C17H19ClN4O/c1-3-13(5-7-23-2)14-9-15(18)21-17(10-14)22-16-8-12(11-19)4-6-20-16/h4,6,8-10,13H,3,5,7H2,1-2H3,(H,20,21,22). The number of hydrogen-bond donors (Lipinski definition) is 1. The summed E-state index contributed by atoms with van der Waals surface area (Å²) < 4.78 is 5.17. The van der Waals surface area contributed by atoms with Crippen LogP contribution in [-0.4, -0.2) is 23.7 Å². The Kier molecular flexibility index (Phi) is 6.33. The molecule has 2 heterocycles. The van der Waals surface area contributed by atoms with Crippen LogP contribution in [0.25, 0.3) is 0 Å². The van der Waals surface area contributed by atoms with E-state index in [1.807, 2.05) is 12.1 Å². The van der Waals surface area contributed by atoms with Gasteiger partial charge < -0.3 is 10.1 Å². The van der Waals surface area contributed by atoms with Crippen molar-refractivity contribution in [2.75, 3.05) is 19.0 Å². The van der Waals surface area contributed by atoms with Gasteiger partial charge in [-0.05, 0) is 48.6 Å². The summed E-state index contributed by atoms with van der Waals surface area (Å²) in [6.45, 7) is 2.84. The van der Waals surface area contributed by atoms with Crippen LogP contribution >= 0.6 is 11.6 Å². The Morgan fingerprint density at radius 1 is 1.35 bits per heavy atom. The molecule has 120 valence electrons. The minimum absolute atomic E-state index is 0.356. The lowest BCUT2D eigenvalue weighted by atomic mass is 9.94. The van der Waals surface area contributed by atoms with Crippen molar-refractivity contribution >= 4 is 23.2 Å². The van der Waals surface area contributed by atoms with Gasteiger partial charge in [-0.25, -0.2) is 9.97 Å². The van der Waals surface area contributed by atoms with E-state index in [1.165, 1.54) is 0 Å². The molecule has 23 heavy (non-hydrogen) atoms. The second-order valence-corrected chi connectivity index (χ2v) is 5.55. The molecule has 0 radical (unpaired) electrons. The van der Waals surface area contributed by atoms with E-state index in [0.29, 0.717) is 34.9 Å². The average Bonchev–Trinajstić information content (AvgIpc) is 2.55. The lowest BCUT2D eigenvalue weighted by Crippen LogP contribution is -2.04. The molecule has 2 rings (SSSR count). The molecule has 6 heteroatoms. The maximum atomic E-state index is 8.95. The number of nitrogens with zero attached hydrogens (tertiary/aromatic N) is 3. The van der Waals surface area contributed by atoms with E-state index in [2.05, 4.69) is 28.3 Å². The van der Waals surface area contributed by atoms with Crippen LogP contribution in [0.3, 0.4) is 0 Å². The van der Waals surface area contributed by atoms with Gasteiger partial charge in [-0.3, -0.25) is 0 Å². The first-order chi connectivity index (χ1) is 11.2. The Morgan fingerprint density at radius 2 is 2.17 bits per heavy atom. The summed E-state index contributed by atoms with van der Waals surface area (Å²) in [5.41, 5.74) is 1.65. The fourth-order valence-electron chi connectivity index (χ4n) is 2.38. The lowest BCUT2D eigenvalue weighted by molar-refractivity contribution is 0.187. The maximum Gasteiger partial charge on any atom is 0.133 e. The van der Waals surface area contributed by atoms with Gasteiger partial charge in [-0.15, -0.1) is 0 Å². The number of halogens is 1. The number of rotatable bonds is 7. The molecule has 0 saturated heterocycles. The highest BCUT2D eigenvalue weighted by atomic mass is 35.5. The first kappa shape index (κ1) is 17.2. The minimum Gasteiger partial charge on any atom is -0.385 e. The van der Waals surface area contributed by atoms with Gasteiger partial charge in [0, 0.05) is 19.9 Å². The third kappa shape index (κ3) is 4.92. The normalized spacial score (nSPS) is 11.7. The third-order valence-corrected chi connectivity index (χ3v) is 3.79. The Morgan fingerprint density at radius 3 is 2.87 bits per heavy atom. The van der Waals surface area contributed by atoms with Crippen LogP contribution in [0.4, 0.5) is 11.6 Å². The average molecular weight is 331 g/mol. The van der Waals surface area contributed by atoms with E-state index in [0.717, 1.165) is 18.4 Å². The van der Waals surface area contributed by atoms with Crippen LogP contribution in [0.1, 0.15) is 36.8 Å². The first-order valence-electron chi connectivity index (χ1n) is 7.45. The highest BCUT2D eigenvalue weighted by Gasteiger charge is 2.12. The van der Waals surface area contributed by atoms with Gasteiger partial charge in [0.2, 0.25) is 0 Å². The summed E-state index contributed by atoms with van der Waals surface area (Å²) >= 11 is 6.15. The second-order valence-electron chi connectivity index (χ2n) is 5.16. The highest BCUT2D eigenvalue weighted by Crippen LogP contribution is 2.28. The topological polar surface area (TPSA) is 70.8 Å². The van der Waals surface area contributed by atoms with E-state index < -0.39 is 0 Å². The van der Waals surface area contributed by atoms with Crippen molar-refractivity contribution in [2.45, 2.75) is 25.7 Å². The number of nitrogens with one attached hydrogen (secondary N) is 1. The van der Waals surface area contributed by atoms with E-state index in [4.69, 9.17) is 21.6 Å². The van der Waals surface area contributed by atoms with E-state index in [9.17, 15) is 0 Å². The Balaban J connectivity index is 2.24. The largest absolute Gasteiger partial charge is 0.385 e. The van der Waals surface area contributed by atoms with Crippen molar-refractivity contribution in [2.24, 2.45) is 0 Å². The number of methoxy groups -OCH3 is 1. The van der Waals surface area contributed by atoms with Crippen molar-refractivity contribution < 1.29 is 4.74 Å². The SMILES string of the molecule is CCC(CCOC)c1cc(Cl)nc(Nc2cc(C#N)ccn2)c1. The number of hydrogen-bond acceptors (Lipinski definition) is 5. The van der Waals surface area contributed by atoms with Gasteiger partial charge in [-0.1, -0.05) is 18.5 Å². The molecule has 2 aromatic rings. The predicted molar refractivity (Wildman–Crippen MR) is 91.0 cm³/mol. The zero-order chi connectivity index (χ0) is 16.7. The van der Waals surface area contributed by atoms with Gasteiger partial charge in [0.05, 0.1) is 11.6 Å². The van der Waals surface area contributed by atoms with Crippen LogP contribution in [-0.2, 0) is 4.74 Å². The summed E-state index contributed by atoms with van der Waals surface area (Å²) in [5, 5.41) is 12.5. The summed E-state index contributed by atoms with van der Waals surface area (Å²) in [4.78, 5) is 8.47. The monoisotopic (exact) mass is 330 g/mol. The van der Waals surface area contributed by atoms with Gasteiger partial charge in [-0.2, -0.15) is 5.26 Å². The van der Waals surface area contributed by atoms with Crippen molar-refractivity contribution in [3.05, 3.63) is 46.7 Å². The molecule has 0 amide bonds. The quantitative estimate of drug-likeness (QED) is 0.767. The van der Waals surface area contributed by atoms with Gasteiger partial charge in [0.15, 0.2) is 0 Å². The van der Waals surface area contributed by atoms with Crippen molar-refractivity contribution in [1.82, 2.24) is 9.97 Å². The van der Waals surface area contributed by atoms with Crippen molar-refractivity contribution in [1.29, 1.82) is 5.26 Å². The van der Waals surface area contributed by atoms with Crippen molar-refractivity contribution in [3.63, 3.8) is 0 Å². The van der Waals surface area contributed by atoms with E-state index in [-0.39, 0.29) is 0 Å². The molecule has 0 bridgehead atoms. The zero-order valence-corrected chi connectivity index (χ0v) is 14.0. The lowest BCUT2D eigenvalue weighted by Gasteiger charge is -2.16. The molecule has 1 N–H and O–H groups in total. The molecule has 0 saturated carbocycles. The van der Waals surface area contributed by atoms with Crippen molar-refractivity contribution in [3.8, 4) is 6.07 Å². The molecule has 1 atom stereocenters. The number of nitriles is 1. The smallest absolute Gasteiger partial charge is 0.133 e. The maximum absolute atomic E-state index is 8.95. The second kappa shape index (κ2) is 8.47. The van der Waals surface area contributed by atoms with Gasteiger partial charge in [0.25, 0.3) is 0 Å². The summed E-state index contributed by atoms with van der Waals surface area (Å²) in [5.74, 6) is 1.54. The Labute approximate surface area is 141 Å². The predicted octanol–water partition coefficient (Wildman–Crippen LogP) is 4.28. The van der Waals surface area contributed by atoms with Crippen LogP contribution < -0.4 is 5.32 Å². The Bertz CT molecular complexity index is 699. The third-order valence-electron chi connectivity index (χ3n) is 3.60. The molecule has 0 aliphatic carbocycles. The van der Waals surface area contributed by atoms with E-state index >= 15 is 0 Å². The van der Waals surface area contributed by atoms with Crippen LogP contribution in [0, 0.1) is 11.3 Å². The summed E-state index contributed by atoms with van der Waals surface area (Å²) in [6.07, 6.45) is 3.50. The van der Waals surface area contributed by atoms with Crippen LogP contribution in [0.15, 0.2) is 30.5 Å². The van der Waals surface area contributed by atoms with Gasteiger partial charge >= 0.3 is 0 Å². The number of pyridine rings is 2. The fourth-order valence-corrected chi connectivity index (χ4v) is 2.60. The molecule has 0 aliphatic rings. The molecule has 0 fully saturated rings. The highest BCUT2D eigenvalue weighted by molar-refractivity contribution is 6.29. The fraction of sp³-hybridized carbons (Fsp3) is 0.353. The number of aromatic nitrogens is 2. The van der Waals surface area contributed by atoms with E-state index in [1.54, 1.807) is 25.4 Å². The number of anilines is 2. The summed E-state index contributed by atoms with van der Waals surface area (Å²) in [6, 6.07) is 9.26. The molecule has 0 spiro atoms. The van der Waals surface area contributed by atoms with Crippen LogP contribution in [0.5, 0.6) is 0 Å². The molecule has 5 nitrogen and oxygen atoms in total. The molecule has 1 unspecified atom stereocenters.